The fraction of sp³-hybridized carbons (Fsp3) is 0.552. The molecule has 194 valence electrons. The summed E-state index contributed by atoms with van der Waals surface area (Å²) in [4.78, 5) is 32.5. The third-order valence-corrected chi connectivity index (χ3v) is 7.43. The minimum Gasteiger partial charge on any atom is -0.348 e. The van der Waals surface area contributed by atoms with Crippen LogP contribution in [0.1, 0.15) is 75.7 Å². The number of hydrogen-bond donors (Lipinski definition) is 1. The van der Waals surface area contributed by atoms with E-state index in [-0.39, 0.29) is 23.1 Å². The second kappa shape index (κ2) is 10.6. The van der Waals surface area contributed by atoms with Gasteiger partial charge in [-0.2, -0.15) is 0 Å². The molecule has 0 saturated carbocycles. The Morgan fingerprint density at radius 3 is 2.53 bits per heavy atom. The van der Waals surface area contributed by atoms with Crippen molar-refractivity contribution in [2.45, 2.75) is 78.4 Å². The van der Waals surface area contributed by atoms with E-state index in [4.69, 9.17) is 0 Å². The molecule has 0 spiro atoms. The van der Waals surface area contributed by atoms with Crippen molar-refractivity contribution in [1.82, 2.24) is 24.3 Å². The van der Waals surface area contributed by atoms with Crippen LogP contribution in [0.4, 0.5) is 0 Å². The number of piperidine rings is 1. The molecule has 1 N–H and O–H groups in total. The maximum atomic E-state index is 12.9. The molecule has 0 unspecified atom stereocenters. The second-order valence-electron chi connectivity index (χ2n) is 11.6. The van der Waals surface area contributed by atoms with Gasteiger partial charge in [0.1, 0.15) is 0 Å². The van der Waals surface area contributed by atoms with Crippen LogP contribution < -0.4 is 11.0 Å². The highest BCUT2D eigenvalue weighted by molar-refractivity contribution is 5.78. The lowest BCUT2D eigenvalue weighted by atomic mass is 9.90. The SMILES string of the molecule is Cc1cc2c(cc1CN1CCCC[C@H]1C[C@H](NC(=O)CC(C)(C)C)c1ccccn1)n(C)c(=O)n2C. The number of nitrogens with zero attached hydrogens (tertiary/aromatic N) is 4. The van der Waals surface area contributed by atoms with Gasteiger partial charge < -0.3 is 5.32 Å². The van der Waals surface area contributed by atoms with Gasteiger partial charge in [0.2, 0.25) is 5.91 Å². The molecule has 2 aromatic heterocycles. The van der Waals surface area contributed by atoms with E-state index in [0.717, 1.165) is 42.7 Å². The van der Waals surface area contributed by atoms with E-state index >= 15 is 0 Å². The van der Waals surface area contributed by atoms with Gasteiger partial charge in [-0.1, -0.05) is 33.3 Å². The average molecular weight is 492 g/mol. The molecule has 3 heterocycles. The van der Waals surface area contributed by atoms with E-state index in [1.807, 2.05) is 32.3 Å². The first-order valence-corrected chi connectivity index (χ1v) is 13.1. The molecular formula is C29H41N5O2. The van der Waals surface area contributed by atoms with Gasteiger partial charge >= 0.3 is 5.69 Å². The molecule has 0 bridgehead atoms. The Hall–Kier alpha value is -2.93. The third-order valence-electron chi connectivity index (χ3n) is 7.43. The highest BCUT2D eigenvalue weighted by Gasteiger charge is 2.29. The predicted octanol–water partition coefficient (Wildman–Crippen LogP) is 4.62. The van der Waals surface area contributed by atoms with Gasteiger partial charge in [0.05, 0.1) is 22.8 Å². The van der Waals surface area contributed by atoms with Crippen molar-refractivity contribution in [3.8, 4) is 0 Å². The minimum atomic E-state index is -0.120. The van der Waals surface area contributed by atoms with Crippen LogP contribution in [0.25, 0.3) is 11.0 Å². The molecule has 7 nitrogen and oxygen atoms in total. The van der Waals surface area contributed by atoms with Gasteiger partial charge in [-0.15, -0.1) is 0 Å². The van der Waals surface area contributed by atoms with Gasteiger partial charge in [-0.3, -0.25) is 23.8 Å². The van der Waals surface area contributed by atoms with Crippen molar-refractivity contribution < 1.29 is 4.79 Å². The summed E-state index contributed by atoms with van der Waals surface area (Å²) in [6, 6.07) is 10.5. The Balaban J connectivity index is 1.57. The van der Waals surface area contributed by atoms with E-state index in [2.05, 4.69) is 55.0 Å². The maximum Gasteiger partial charge on any atom is 0.328 e. The number of imidazole rings is 1. The molecule has 7 heteroatoms. The van der Waals surface area contributed by atoms with Crippen molar-refractivity contribution in [3.63, 3.8) is 0 Å². The van der Waals surface area contributed by atoms with Crippen molar-refractivity contribution >= 4 is 16.9 Å². The molecule has 2 atom stereocenters. The van der Waals surface area contributed by atoms with Crippen molar-refractivity contribution in [2.75, 3.05) is 6.54 Å². The highest BCUT2D eigenvalue weighted by atomic mass is 16.2. The number of hydrogen-bond acceptors (Lipinski definition) is 4. The number of aryl methyl sites for hydroxylation is 3. The number of fused-ring (bicyclic) bond motifs is 1. The van der Waals surface area contributed by atoms with E-state index in [1.54, 1.807) is 15.3 Å². The summed E-state index contributed by atoms with van der Waals surface area (Å²) < 4.78 is 3.45. The van der Waals surface area contributed by atoms with E-state index in [1.165, 1.54) is 24.0 Å². The number of rotatable bonds is 7. The molecule has 0 radical (unpaired) electrons. The monoisotopic (exact) mass is 491 g/mol. The average Bonchev–Trinajstić information content (AvgIpc) is 3.03. The number of pyridine rings is 1. The van der Waals surface area contributed by atoms with Crippen LogP contribution >= 0.6 is 0 Å². The molecular weight excluding hydrogens is 450 g/mol. The van der Waals surface area contributed by atoms with Gasteiger partial charge in [-0.25, -0.2) is 4.79 Å². The number of amides is 1. The summed E-state index contributed by atoms with van der Waals surface area (Å²) in [5.74, 6) is 0.0757. The van der Waals surface area contributed by atoms with E-state index < -0.39 is 0 Å². The standard InChI is InChI=1S/C29H41N5O2/c1-20-15-25-26(33(6)28(36)32(25)5)16-21(20)19-34-14-10-8-11-22(34)17-24(23-12-7-9-13-30-23)31-27(35)18-29(2,3)4/h7,9,12-13,15-16,22,24H,8,10-11,14,17-19H2,1-6H3,(H,31,35)/t22-,24-/m0/s1. The van der Waals surface area contributed by atoms with E-state index in [9.17, 15) is 9.59 Å². The van der Waals surface area contributed by atoms with Crippen LogP contribution in [0.2, 0.25) is 0 Å². The zero-order chi connectivity index (χ0) is 26.0. The number of aromatic nitrogens is 3. The fourth-order valence-electron chi connectivity index (χ4n) is 5.45. The maximum absolute atomic E-state index is 12.9. The molecule has 1 aromatic carbocycles. The molecule has 1 aliphatic rings. The summed E-state index contributed by atoms with van der Waals surface area (Å²) in [5.41, 5.74) is 5.25. The molecule has 4 rings (SSSR count). The Morgan fingerprint density at radius 2 is 1.86 bits per heavy atom. The lowest BCUT2D eigenvalue weighted by Gasteiger charge is -2.38. The normalized spacial score (nSPS) is 17.9. The molecule has 3 aromatic rings. The lowest BCUT2D eigenvalue weighted by Crippen LogP contribution is -2.42. The van der Waals surface area contributed by atoms with Crippen LogP contribution in [-0.4, -0.2) is 37.5 Å². The predicted molar refractivity (Wildman–Crippen MR) is 145 cm³/mol. The summed E-state index contributed by atoms with van der Waals surface area (Å²) in [5, 5.41) is 3.30. The van der Waals surface area contributed by atoms with Gasteiger partial charge in [0.15, 0.2) is 0 Å². The smallest absolute Gasteiger partial charge is 0.328 e. The fourth-order valence-corrected chi connectivity index (χ4v) is 5.45. The minimum absolute atomic E-state index is 0.00148. The highest BCUT2D eigenvalue weighted by Crippen LogP contribution is 2.30. The second-order valence-corrected chi connectivity index (χ2v) is 11.6. The molecule has 1 saturated heterocycles. The number of benzene rings is 1. The zero-order valence-corrected chi connectivity index (χ0v) is 22.7. The third kappa shape index (κ3) is 5.89. The van der Waals surface area contributed by atoms with Gasteiger partial charge in [0.25, 0.3) is 0 Å². The van der Waals surface area contributed by atoms with Crippen LogP contribution in [0.15, 0.2) is 41.3 Å². The van der Waals surface area contributed by atoms with Crippen LogP contribution in [-0.2, 0) is 25.4 Å². The number of carbonyl (C=O) groups is 1. The summed E-state index contributed by atoms with van der Waals surface area (Å²) in [6.07, 6.45) is 6.59. The summed E-state index contributed by atoms with van der Waals surface area (Å²) in [6.45, 7) is 10.3. The Kier molecular flexibility index (Phi) is 7.69. The Morgan fingerprint density at radius 1 is 1.14 bits per heavy atom. The van der Waals surface area contributed by atoms with Gasteiger partial charge in [0, 0.05) is 39.3 Å². The van der Waals surface area contributed by atoms with Crippen LogP contribution in [0, 0.1) is 12.3 Å². The van der Waals surface area contributed by atoms with E-state index in [0.29, 0.717) is 12.5 Å². The number of likely N-dealkylation sites (tertiary alicyclic amines) is 1. The molecule has 1 amide bonds. The van der Waals surface area contributed by atoms with Crippen molar-refractivity contribution in [2.24, 2.45) is 19.5 Å². The largest absolute Gasteiger partial charge is 0.348 e. The molecule has 1 fully saturated rings. The Bertz CT molecular complexity index is 1270. The van der Waals surface area contributed by atoms with Crippen molar-refractivity contribution in [3.05, 3.63) is 63.8 Å². The van der Waals surface area contributed by atoms with Crippen LogP contribution in [0.3, 0.4) is 0 Å². The summed E-state index contributed by atoms with van der Waals surface area (Å²) >= 11 is 0. The first kappa shape index (κ1) is 26.1. The Labute approximate surface area is 214 Å². The zero-order valence-electron chi connectivity index (χ0n) is 22.7. The number of nitrogens with one attached hydrogen (secondary N) is 1. The molecule has 1 aliphatic heterocycles. The lowest BCUT2D eigenvalue weighted by molar-refractivity contribution is -0.123. The summed E-state index contributed by atoms with van der Waals surface area (Å²) in [7, 11) is 3.67. The topological polar surface area (TPSA) is 72.2 Å². The van der Waals surface area contributed by atoms with Crippen molar-refractivity contribution in [1.29, 1.82) is 0 Å². The number of carbonyl (C=O) groups excluding carboxylic acids is 1. The molecule has 36 heavy (non-hydrogen) atoms. The first-order chi connectivity index (χ1) is 17.0. The first-order valence-electron chi connectivity index (χ1n) is 13.1. The van der Waals surface area contributed by atoms with Crippen LogP contribution in [0.5, 0.6) is 0 Å². The van der Waals surface area contributed by atoms with Gasteiger partial charge in [-0.05, 0) is 73.5 Å². The quantitative estimate of drug-likeness (QED) is 0.524. The molecule has 0 aliphatic carbocycles.